The highest BCUT2D eigenvalue weighted by atomic mass is 16.5. The monoisotopic (exact) mass is 572 g/mol. The fourth-order valence-corrected chi connectivity index (χ4v) is 4.78. The molecular formula is C31H52N6O4. The van der Waals surface area contributed by atoms with Crippen LogP contribution in [0.2, 0.25) is 0 Å². The van der Waals surface area contributed by atoms with Crippen LogP contribution in [0.4, 0.5) is 11.6 Å². The first-order valence-electron chi connectivity index (χ1n) is 14.9. The first kappa shape index (κ1) is 32.8. The van der Waals surface area contributed by atoms with E-state index in [2.05, 4.69) is 58.9 Å². The van der Waals surface area contributed by atoms with Crippen LogP contribution in [0.3, 0.4) is 0 Å². The predicted octanol–water partition coefficient (Wildman–Crippen LogP) is 6.00. The van der Waals surface area contributed by atoms with Crippen molar-refractivity contribution >= 4 is 23.5 Å². The van der Waals surface area contributed by atoms with Gasteiger partial charge >= 0.3 is 0 Å². The van der Waals surface area contributed by atoms with E-state index in [0.29, 0.717) is 23.7 Å². The Morgan fingerprint density at radius 2 is 1.27 bits per heavy atom. The van der Waals surface area contributed by atoms with Crippen LogP contribution < -0.4 is 16.0 Å². The molecule has 2 aromatic heterocycles. The van der Waals surface area contributed by atoms with Crippen LogP contribution >= 0.6 is 0 Å². The fourth-order valence-electron chi connectivity index (χ4n) is 4.78. The van der Waals surface area contributed by atoms with Gasteiger partial charge < -0.3 is 25.0 Å². The summed E-state index contributed by atoms with van der Waals surface area (Å²) < 4.78 is 10.6. The lowest BCUT2D eigenvalue weighted by atomic mass is 9.93. The number of aromatic nitrogens is 2. The first-order chi connectivity index (χ1) is 18.8. The Morgan fingerprint density at radius 3 is 1.68 bits per heavy atom. The summed E-state index contributed by atoms with van der Waals surface area (Å²) in [6.07, 6.45) is 5.84. The standard InChI is InChI=1S/C17H29N3O2.C14H23N3O2/c1-12-9-7-8-10-20(12)17(5,6)15(21)18-14-11-13(22-19-14)16(2,3)4;1-13(2,3)10-8-11(17-19-10)15-12(18)14(4,5)16-9-6-7-9/h11-12H,7-10H2,1-6H3,(H,18,19,21);8-9,16H,6-7H2,1-5H3,(H,15,17,18). The molecule has 2 fully saturated rings. The maximum Gasteiger partial charge on any atom is 0.245 e. The molecule has 10 heteroatoms. The molecule has 2 amide bonds. The number of amides is 2. The molecule has 3 heterocycles. The fraction of sp³-hybridized carbons (Fsp3) is 0.742. The molecule has 0 radical (unpaired) electrons. The maximum atomic E-state index is 12.7. The van der Waals surface area contributed by atoms with Gasteiger partial charge in [-0.25, -0.2) is 0 Å². The summed E-state index contributed by atoms with van der Waals surface area (Å²) in [6, 6.07) is 4.50. The van der Waals surface area contributed by atoms with Crippen LogP contribution in [0.1, 0.15) is 120 Å². The molecule has 4 rings (SSSR count). The third kappa shape index (κ3) is 8.88. The number of nitrogens with zero attached hydrogens (tertiary/aromatic N) is 3. The summed E-state index contributed by atoms with van der Waals surface area (Å²) in [4.78, 5) is 27.2. The molecule has 1 aliphatic heterocycles. The van der Waals surface area contributed by atoms with Crippen molar-refractivity contribution in [1.82, 2.24) is 20.5 Å². The molecule has 1 aliphatic carbocycles. The molecule has 3 N–H and O–H groups in total. The van der Waals surface area contributed by atoms with Crippen LogP contribution in [0.25, 0.3) is 0 Å². The van der Waals surface area contributed by atoms with Crippen molar-refractivity contribution in [2.24, 2.45) is 0 Å². The number of piperidine rings is 1. The molecule has 0 bridgehead atoms. The van der Waals surface area contributed by atoms with E-state index < -0.39 is 11.1 Å². The van der Waals surface area contributed by atoms with Crippen molar-refractivity contribution in [2.75, 3.05) is 17.2 Å². The second-order valence-corrected chi connectivity index (χ2v) is 14.7. The molecule has 1 saturated carbocycles. The second-order valence-electron chi connectivity index (χ2n) is 14.7. The molecule has 10 nitrogen and oxygen atoms in total. The van der Waals surface area contributed by atoms with Crippen LogP contribution in [0, 0.1) is 0 Å². The van der Waals surface area contributed by atoms with E-state index >= 15 is 0 Å². The molecule has 230 valence electrons. The SMILES string of the molecule is CC(C)(NC1CC1)C(=O)Nc1cc(C(C)(C)C)on1.CC1CCCCN1C(C)(C)C(=O)Nc1cc(C(C)(C)C)on1. The van der Waals surface area contributed by atoms with Gasteiger partial charge in [-0.15, -0.1) is 0 Å². The van der Waals surface area contributed by atoms with Crippen LogP contribution in [-0.2, 0) is 20.4 Å². The van der Waals surface area contributed by atoms with E-state index in [-0.39, 0.29) is 22.6 Å². The number of likely N-dealkylation sites (tertiary alicyclic amines) is 1. The average Bonchev–Trinajstić information content (AvgIpc) is 3.30. The van der Waals surface area contributed by atoms with E-state index in [1.54, 1.807) is 6.07 Å². The Kier molecular flexibility index (Phi) is 9.80. The summed E-state index contributed by atoms with van der Waals surface area (Å²) in [5.74, 6) is 2.37. The zero-order valence-corrected chi connectivity index (χ0v) is 27.0. The zero-order chi connectivity index (χ0) is 30.8. The lowest BCUT2D eigenvalue weighted by Crippen LogP contribution is -2.57. The molecule has 2 aromatic rings. The van der Waals surface area contributed by atoms with Gasteiger partial charge in [-0.2, -0.15) is 0 Å². The lowest BCUT2D eigenvalue weighted by Gasteiger charge is -2.43. The summed E-state index contributed by atoms with van der Waals surface area (Å²) in [6.45, 7) is 23.2. The van der Waals surface area contributed by atoms with Crippen molar-refractivity contribution in [3.8, 4) is 0 Å². The molecular weight excluding hydrogens is 520 g/mol. The van der Waals surface area contributed by atoms with Gasteiger partial charge in [-0.05, 0) is 66.8 Å². The van der Waals surface area contributed by atoms with Crippen molar-refractivity contribution in [1.29, 1.82) is 0 Å². The van der Waals surface area contributed by atoms with Crippen molar-refractivity contribution in [3.05, 3.63) is 23.7 Å². The Labute approximate surface area is 245 Å². The molecule has 0 spiro atoms. The predicted molar refractivity (Wildman–Crippen MR) is 162 cm³/mol. The van der Waals surface area contributed by atoms with Crippen LogP contribution in [-0.4, -0.2) is 56.7 Å². The number of rotatable bonds is 7. The first-order valence-corrected chi connectivity index (χ1v) is 14.9. The number of carbonyl (C=O) groups excluding carboxylic acids is 2. The van der Waals surface area contributed by atoms with Gasteiger partial charge in [0.05, 0.1) is 11.1 Å². The zero-order valence-electron chi connectivity index (χ0n) is 27.0. The summed E-state index contributed by atoms with van der Waals surface area (Å²) in [7, 11) is 0. The topological polar surface area (TPSA) is 126 Å². The second kappa shape index (κ2) is 12.3. The number of hydrogen-bond donors (Lipinski definition) is 3. The minimum atomic E-state index is -0.595. The largest absolute Gasteiger partial charge is 0.359 e. The van der Waals surface area contributed by atoms with Gasteiger partial charge in [0.2, 0.25) is 11.8 Å². The van der Waals surface area contributed by atoms with Gasteiger partial charge in [-0.3, -0.25) is 14.5 Å². The lowest BCUT2D eigenvalue weighted by molar-refractivity contribution is -0.128. The minimum absolute atomic E-state index is 0.0324. The van der Waals surface area contributed by atoms with Gasteiger partial charge in [0, 0.05) is 35.0 Å². The molecule has 2 aliphatic rings. The van der Waals surface area contributed by atoms with E-state index in [4.69, 9.17) is 9.05 Å². The van der Waals surface area contributed by atoms with E-state index in [1.807, 2.05) is 54.5 Å². The normalized spacial score (nSPS) is 18.9. The Bertz CT molecular complexity index is 1180. The Balaban J connectivity index is 0.000000228. The van der Waals surface area contributed by atoms with Crippen LogP contribution in [0.5, 0.6) is 0 Å². The maximum absolute atomic E-state index is 12.7. The summed E-state index contributed by atoms with van der Waals surface area (Å²) in [5.41, 5.74) is -1.38. The minimum Gasteiger partial charge on any atom is -0.359 e. The summed E-state index contributed by atoms with van der Waals surface area (Å²) >= 11 is 0. The highest BCUT2D eigenvalue weighted by molar-refractivity contribution is 5.97. The Morgan fingerprint density at radius 1 is 0.780 bits per heavy atom. The number of nitrogens with one attached hydrogen (secondary N) is 3. The number of anilines is 2. The van der Waals surface area contributed by atoms with Crippen LogP contribution in [0.15, 0.2) is 21.2 Å². The van der Waals surface area contributed by atoms with Gasteiger partial charge in [0.15, 0.2) is 11.6 Å². The summed E-state index contributed by atoms with van der Waals surface area (Å²) in [5, 5.41) is 16.9. The van der Waals surface area contributed by atoms with Crippen molar-refractivity contribution < 1.29 is 18.6 Å². The smallest absolute Gasteiger partial charge is 0.245 e. The van der Waals surface area contributed by atoms with Gasteiger partial charge in [0.1, 0.15) is 11.5 Å². The quantitative estimate of drug-likeness (QED) is 0.369. The number of carbonyl (C=O) groups is 2. The van der Waals surface area contributed by atoms with Crippen molar-refractivity contribution in [3.63, 3.8) is 0 Å². The van der Waals surface area contributed by atoms with Gasteiger partial charge in [0.25, 0.3) is 0 Å². The highest BCUT2D eigenvalue weighted by Gasteiger charge is 2.39. The molecule has 1 unspecified atom stereocenters. The third-order valence-corrected chi connectivity index (χ3v) is 7.77. The van der Waals surface area contributed by atoms with E-state index in [9.17, 15) is 9.59 Å². The third-order valence-electron chi connectivity index (χ3n) is 7.77. The van der Waals surface area contributed by atoms with E-state index in [1.165, 1.54) is 6.42 Å². The highest BCUT2D eigenvalue weighted by Crippen LogP contribution is 2.29. The van der Waals surface area contributed by atoms with Crippen molar-refractivity contribution in [2.45, 2.75) is 142 Å². The number of hydrogen-bond acceptors (Lipinski definition) is 8. The molecule has 0 aromatic carbocycles. The Hall–Kier alpha value is -2.72. The molecule has 1 saturated heterocycles. The molecule has 1 atom stereocenters. The van der Waals surface area contributed by atoms with Gasteiger partial charge in [-0.1, -0.05) is 58.3 Å². The average molecular weight is 573 g/mol. The van der Waals surface area contributed by atoms with E-state index in [0.717, 1.165) is 43.7 Å². The molecule has 41 heavy (non-hydrogen) atoms.